The van der Waals surface area contributed by atoms with Crippen molar-refractivity contribution < 1.29 is 26.1 Å². The second-order valence-electron chi connectivity index (χ2n) is 1.90. The number of hydrogen-bond donors (Lipinski definition) is 0. The van der Waals surface area contributed by atoms with Crippen LogP contribution in [0.2, 0.25) is 0 Å². The van der Waals surface area contributed by atoms with Crippen LogP contribution in [-0.4, -0.2) is 11.6 Å². The van der Waals surface area contributed by atoms with Crippen LogP contribution in [0.15, 0.2) is 0 Å². The molecule has 0 saturated carbocycles. The molecule has 0 amide bonds. The van der Waals surface area contributed by atoms with Gasteiger partial charge in [-0.2, -0.15) is 0 Å². The first-order valence-electron chi connectivity index (χ1n) is 2.62. The fourth-order valence-electron chi connectivity index (χ4n) is 0.352. The summed E-state index contributed by atoms with van der Waals surface area (Å²) in [7, 11) is 0. The first-order chi connectivity index (χ1) is 3.63. The number of ketones is 2. The Labute approximate surface area is 64.9 Å². The molecule has 0 bridgehead atoms. The van der Waals surface area contributed by atoms with Gasteiger partial charge in [0.05, 0.1) is 0 Å². The maximum absolute atomic E-state index is 10.2. The molecule has 0 aliphatic rings. The predicted molar refractivity (Wildman–Crippen MR) is 30.6 cm³/mol. The zero-order valence-corrected chi connectivity index (χ0v) is 6.53. The van der Waals surface area contributed by atoms with Crippen molar-refractivity contribution in [2.75, 3.05) is 0 Å². The molecule has 0 N–H and O–H groups in total. The number of carbonyl (C=O) groups excluding carboxylic acids is 2. The van der Waals surface area contributed by atoms with Crippen LogP contribution >= 0.6 is 0 Å². The monoisotopic (exact) mass is 172 g/mol. The van der Waals surface area contributed by atoms with Crippen molar-refractivity contribution in [1.29, 1.82) is 0 Å². The van der Waals surface area contributed by atoms with Gasteiger partial charge in [0.2, 0.25) is 0 Å². The van der Waals surface area contributed by atoms with Crippen LogP contribution in [0.3, 0.4) is 0 Å². The normalized spacial score (nSPS) is 7.78. The van der Waals surface area contributed by atoms with Crippen LogP contribution in [0.25, 0.3) is 0 Å². The minimum Gasteiger partial charge on any atom is -0.300 e. The largest absolute Gasteiger partial charge is 0.300 e. The van der Waals surface area contributed by atoms with E-state index in [0.717, 1.165) is 0 Å². The van der Waals surface area contributed by atoms with Gasteiger partial charge in [-0.05, 0) is 13.8 Å². The smallest absolute Gasteiger partial charge is 0.130 e. The molecule has 9 heavy (non-hydrogen) atoms. The van der Waals surface area contributed by atoms with Gasteiger partial charge < -0.3 is 9.59 Å². The summed E-state index contributed by atoms with van der Waals surface area (Å²) in [5.74, 6) is 0.167. The summed E-state index contributed by atoms with van der Waals surface area (Å²) in [6.45, 7) is 2.98. The average molecular weight is 173 g/mol. The molecular weight excluding hydrogens is 163 g/mol. The summed E-state index contributed by atoms with van der Waals surface area (Å²) >= 11 is 0. The standard InChI is InChI=1S/C6H10O2.Ni/c1-5(7)3-4-6(2)8;/h3-4H2,1-2H3;. The summed E-state index contributed by atoms with van der Waals surface area (Å²) in [6, 6.07) is 0. The molecule has 0 atom stereocenters. The van der Waals surface area contributed by atoms with Crippen molar-refractivity contribution in [3.05, 3.63) is 0 Å². The van der Waals surface area contributed by atoms with Gasteiger partial charge in [0.1, 0.15) is 11.6 Å². The quantitative estimate of drug-likeness (QED) is 0.595. The molecule has 3 heteroatoms. The third kappa shape index (κ3) is 11.4. The Kier molecular flexibility index (Phi) is 7.69. The molecule has 0 aromatic carbocycles. The summed E-state index contributed by atoms with van der Waals surface area (Å²) in [5.41, 5.74) is 0. The summed E-state index contributed by atoms with van der Waals surface area (Å²) in [4.78, 5) is 20.4. The zero-order chi connectivity index (χ0) is 6.57. The van der Waals surface area contributed by atoms with Crippen LogP contribution < -0.4 is 0 Å². The maximum Gasteiger partial charge on any atom is 0.130 e. The van der Waals surface area contributed by atoms with E-state index in [-0.39, 0.29) is 28.1 Å². The second-order valence-corrected chi connectivity index (χ2v) is 1.90. The van der Waals surface area contributed by atoms with Gasteiger partial charge in [0, 0.05) is 29.3 Å². The molecule has 0 aliphatic carbocycles. The van der Waals surface area contributed by atoms with Crippen LogP contribution in [0.1, 0.15) is 26.7 Å². The van der Waals surface area contributed by atoms with Crippen molar-refractivity contribution in [3.63, 3.8) is 0 Å². The molecule has 0 aliphatic heterocycles. The second kappa shape index (κ2) is 5.96. The molecule has 0 rings (SSSR count). The van der Waals surface area contributed by atoms with Crippen LogP contribution in [0.5, 0.6) is 0 Å². The van der Waals surface area contributed by atoms with E-state index in [2.05, 4.69) is 0 Å². The van der Waals surface area contributed by atoms with Crippen molar-refractivity contribution in [2.24, 2.45) is 0 Å². The Bertz CT molecular complexity index is 95.6. The average Bonchev–Trinajstić information content (AvgIpc) is 1.61. The Morgan fingerprint density at radius 3 is 1.33 bits per heavy atom. The number of rotatable bonds is 3. The van der Waals surface area contributed by atoms with Gasteiger partial charge in [-0.25, -0.2) is 0 Å². The maximum atomic E-state index is 10.2. The molecule has 0 spiro atoms. The number of carbonyl (C=O) groups is 2. The van der Waals surface area contributed by atoms with Crippen molar-refractivity contribution >= 4 is 11.6 Å². The predicted octanol–water partition coefficient (Wildman–Crippen LogP) is 0.942. The van der Waals surface area contributed by atoms with Gasteiger partial charge >= 0.3 is 0 Å². The SMILES string of the molecule is CC(=O)CCC(C)=O.[Ni]. The number of hydrogen-bond acceptors (Lipinski definition) is 2. The Hall–Kier alpha value is -0.166. The van der Waals surface area contributed by atoms with Gasteiger partial charge in [-0.3, -0.25) is 0 Å². The minimum atomic E-state index is 0. The molecule has 0 aromatic heterocycles. The van der Waals surface area contributed by atoms with E-state index in [0.29, 0.717) is 12.8 Å². The molecule has 2 nitrogen and oxygen atoms in total. The number of Topliss-reactive ketones (excluding diaryl/α,β-unsaturated/α-hetero) is 2. The topological polar surface area (TPSA) is 34.1 Å². The van der Waals surface area contributed by atoms with E-state index >= 15 is 0 Å². The first-order valence-corrected chi connectivity index (χ1v) is 2.62. The third-order valence-corrected chi connectivity index (χ3v) is 0.829. The van der Waals surface area contributed by atoms with Crippen molar-refractivity contribution in [3.8, 4) is 0 Å². The minimum absolute atomic E-state index is 0. The van der Waals surface area contributed by atoms with Gasteiger partial charge in [-0.1, -0.05) is 0 Å². The van der Waals surface area contributed by atoms with Crippen LogP contribution in [0, 0.1) is 0 Å². The molecule has 0 fully saturated rings. The van der Waals surface area contributed by atoms with E-state index < -0.39 is 0 Å². The fraction of sp³-hybridized carbons (Fsp3) is 0.667. The van der Waals surface area contributed by atoms with Gasteiger partial charge in [0.15, 0.2) is 0 Å². The van der Waals surface area contributed by atoms with Crippen molar-refractivity contribution in [2.45, 2.75) is 26.7 Å². The van der Waals surface area contributed by atoms with E-state index in [1.54, 1.807) is 0 Å². The molecular formula is C6H10NiO2. The molecule has 56 valence electrons. The summed E-state index contributed by atoms with van der Waals surface area (Å²) < 4.78 is 0. The zero-order valence-electron chi connectivity index (χ0n) is 5.55. The summed E-state index contributed by atoms with van der Waals surface area (Å²) in [5, 5.41) is 0. The fourth-order valence-corrected chi connectivity index (χ4v) is 0.352. The third-order valence-electron chi connectivity index (χ3n) is 0.829. The van der Waals surface area contributed by atoms with Crippen LogP contribution in [0.4, 0.5) is 0 Å². The first kappa shape index (κ1) is 11.6. The van der Waals surface area contributed by atoms with E-state index in [4.69, 9.17) is 0 Å². The Morgan fingerprint density at radius 1 is 1.00 bits per heavy atom. The van der Waals surface area contributed by atoms with Gasteiger partial charge in [-0.15, -0.1) is 0 Å². The molecule has 0 saturated heterocycles. The molecule has 0 aromatic rings. The van der Waals surface area contributed by atoms with E-state index in [1.165, 1.54) is 13.8 Å². The van der Waals surface area contributed by atoms with Crippen LogP contribution in [-0.2, 0) is 26.1 Å². The molecule has 0 heterocycles. The molecule has 0 unspecified atom stereocenters. The summed E-state index contributed by atoms with van der Waals surface area (Å²) in [6.07, 6.45) is 0.796. The van der Waals surface area contributed by atoms with E-state index in [9.17, 15) is 9.59 Å². The molecule has 0 radical (unpaired) electrons. The Balaban J connectivity index is 0. The Morgan fingerprint density at radius 2 is 1.22 bits per heavy atom. The van der Waals surface area contributed by atoms with Gasteiger partial charge in [0.25, 0.3) is 0 Å². The van der Waals surface area contributed by atoms with Crippen molar-refractivity contribution in [1.82, 2.24) is 0 Å². The van der Waals surface area contributed by atoms with E-state index in [1.807, 2.05) is 0 Å².